The van der Waals surface area contributed by atoms with Crippen LogP contribution in [0, 0.1) is 17.7 Å². The van der Waals surface area contributed by atoms with Crippen molar-refractivity contribution in [2.75, 3.05) is 20.2 Å². The molecule has 1 aliphatic rings. The third kappa shape index (κ3) is 8.83. The summed E-state index contributed by atoms with van der Waals surface area (Å²) in [4.78, 5) is 20.5. The number of aryl methyl sites for hydroxylation is 2. The number of aromatic nitrogens is 2. The molecule has 9 nitrogen and oxygen atoms in total. The number of hydrogen-bond acceptors (Lipinski definition) is 5. The number of amidine groups is 2. The Morgan fingerprint density at radius 2 is 1.89 bits per heavy atom. The van der Waals surface area contributed by atoms with Crippen LogP contribution in [0.25, 0.3) is 23.1 Å². The summed E-state index contributed by atoms with van der Waals surface area (Å²) in [7, 11) is 1.62. The second-order valence-corrected chi connectivity index (χ2v) is 11.1. The molecule has 236 valence electrons. The SMILES string of the molecule is C=Cc1[nH]cc(C)c1/C=C\C.COc1ccc(CN(C(=N)CCc2c[nH]c3ccccc23)C(=N)CNC(=O)C2CCCN2)cc1. The van der Waals surface area contributed by atoms with Crippen molar-refractivity contribution in [2.45, 2.75) is 52.1 Å². The number of hydrogen-bond donors (Lipinski definition) is 6. The van der Waals surface area contributed by atoms with Gasteiger partial charge in [0.1, 0.15) is 17.4 Å². The van der Waals surface area contributed by atoms with E-state index in [2.05, 4.69) is 46.2 Å². The minimum Gasteiger partial charge on any atom is -0.497 e. The average molecular weight is 608 g/mol. The molecule has 1 amide bonds. The van der Waals surface area contributed by atoms with Gasteiger partial charge < -0.3 is 30.2 Å². The highest BCUT2D eigenvalue weighted by molar-refractivity contribution is 6.00. The van der Waals surface area contributed by atoms with Gasteiger partial charge in [0, 0.05) is 41.0 Å². The van der Waals surface area contributed by atoms with E-state index in [9.17, 15) is 4.79 Å². The molecule has 1 fully saturated rings. The number of allylic oxidation sites excluding steroid dienone is 1. The summed E-state index contributed by atoms with van der Waals surface area (Å²) in [6.45, 7) is 9.13. The number of carbonyl (C=O) groups is 1. The smallest absolute Gasteiger partial charge is 0.237 e. The number of fused-ring (bicyclic) bond motifs is 1. The Morgan fingerprint density at radius 3 is 2.58 bits per heavy atom. The molecule has 0 radical (unpaired) electrons. The number of para-hydroxylation sites is 1. The number of aromatic amines is 2. The molecule has 1 unspecified atom stereocenters. The topological polar surface area (TPSA) is 133 Å². The number of nitrogens with zero attached hydrogens (tertiary/aromatic N) is 1. The third-order valence-corrected chi connectivity index (χ3v) is 7.96. The van der Waals surface area contributed by atoms with E-state index in [-0.39, 0.29) is 24.3 Å². The lowest BCUT2D eigenvalue weighted by molar-refractivity contribution is -0.122. The third-order valence-electron chi connectivity index (χ3n) is 7.96. The van der Waals surface area contributed by atoms with Crippen LogP contribution in [-0.2, 0) is 17.8 Å². The Kier molecular flexibility index (Phi) is 11.9. The number of ether oxygens (including phenoxy) is 1. The van der Waals surface area contributed by atoms with Crippen LogP contribution in [0.1, 0.15) is 54.1 Å². The van der Waals surface area contributed by atoms with Crippen LogP contribution in [0.5, 0.6) is 5.75 Å². The first kappa shape index (κ1) is 33.0. The molecule has 2 aromatic heterocycles. The molecule has 0 spiro atoms. The molecule has 9 heteroatoms. The molecule has 4 aromatic rings. The first-order valence-electron chi connectivity index (χ1n) is 15.4. The van der Waals surface area contributed by atoms with Crippen LogP contribution in [0.15, 0.2) is 73.6 Å². The molecule has 5 rings (SSSR count). The zero-order valence-electron chi connectivity index (χ0n) is 26.5. The van der Waals surface area contributed by atoms with Crippen molar-refractivity contribution in [3.8, 4) is 5.75 Å². The second kappa shape index (κ2) is 16.3. The summed E-state index contributed by atoms with van der Waals surface area (Å²) in [6, 6.07) is 15.6. The predicted molar refractivity (Wildman–Crippen MR) is 185 cm³/mol. The van der Waals surface area contributed by atoms with Crippen LogP contribution in [0.4, 0.5) is 0 Å². The molecule has 1 aliphatic heterocycles. The minimum absolute atomic E-state index is 0.0859. The highest BCUT2D eigenvalue weighted by atomic mass is 16.5. The molecule has 6 N–H and O–H groups in total. The molecule has 3 heterocycles. The quantitative estimate of drug-likeness (QED) is 0.0866. The first-order valence-corrected chi connectivity index (χ1v) is 15.4. The molecule has 0 aliphatic carbocycles. The van der Waals surface area contributed by atoms with Gasteiger partial charge in [-0.25, -0.2) is 0 Å². The number of carbonyl (C=O) groups excluding carboxylic acids is 1. The van der Waals surface area contributed by atoms with E-state index in [1.54, 1.807) is 12.0 Å². The molecule has 0 saturated carbocycles. The lowest BCUT2D eigenvalue weighted by Gasteiger charge is -2.26. The van der Waals surface area contributed by atoms with Crippen molar-refractivity contribution in [3.63, 3.8) is 0 Å². The van der Waals surface area contributed by atoms with Gasteiger partial charge in [-0.1, -0.05) is 49.1 Å². The largest absolute Gasteiger partial charge is 0.497 e. The summed E-state index contributed by atoms with van der Waals surface area (Å²) in [5, 5.41) is 24.7. The van der Waals surface area contributed by atoms with Crippen molar-refractivity contribution in [2.24, 2.45) is 0 Å². The molecule has 0 bridgehead atoms. The van der Waals surface area contributed by atoms with Crippen molar-refractivity contribution in [1.82, 2.24) is 25.5 Å². The minimum atomic E-state index is -0.191. The highest BCUT2D eigenvalue weighted by Gasteiger charge is 2.23. The molecule has 2 aromatic carbocycles. The fraction of sp³-hybridized carbons (Fsp3) is 0.306. The maximum absolute atomic E-state index is 12.4. The van der Waals surface area contributed by atoms with E-state index in [1.165, 1.54) is 11.1 Å². The first-order chi connectivity index (χ1) is 21.8. The van der Waals surface area contributed by atoms with Gasteiger partial charge in [-0.2, -0.15) is 0 Å². The van der Waals surface area contributed by atoms with Gasteiger partial charge in [-0.15, -0.1) is 0 Å². The maximum Gasteiger partial charge on any atom is 0.237 e. The number of benzene rings is 2. The van der Waals surface area contributed by atoms with E-state index < -0.39 is 0 Å². The Balaban J connectivity index is 0.000000354. The van der Waals surface area contributed by atoms with Gasteiger partial charge in [0.25, 0.3) is 0 Å². The summed E-state index contributed by atoms with van der Waals surface area (Å²) in [6.07, 6.45) is 12.9. The Morgan fingerprint density at radius 1 is 1.11 bits per heavy atom. The number of methoxy groups -OCH3 is 1. The van der Waals surface area contributed by atoms with Gasteiger partial charge in [0.2, 0.25) is 5.91 Å². The van der Waals surface area contributed by atoms with Crippen LogP contribution >= 0.6 is 0 Å². The standard InChI is InChI=1S/C26H32N6O2.C10H13N/c1-34-20-11-8-18(9-12-20)17-32(25(28)16-31-26(33)23-7-4-14-29-23)24(27)13-10-19-15-30-22-6-3-2-5-21(19)22;1-4-6-9-8(3)7-11-10(9)5-2/h2-3,5-6,8-9,11-12,15,23,27-30H,4,7,10,13-14,16-17H2,1H3,(H,31,33);4-7,11H,2H2,1,3H3/b;6-4-. The normalized spacial score (nSPS) is 14.2. The van der Waals surface area contributed by atoms with Gasteiger partial charge >= 0.3 is 0 Å². The Hall–Kier alpha value is -4.89. The fourth-order valence-corrected chi connectivity index (χ4v) is 5.40. The molecule has 45 heavy (non-hydrogen) atoms. The van der Waals surface area contributed by atoms with E-state index in [1.807, 2.05) is 73.9 Å². The molecular formula is C36H45N7O2. The van der Waals surface area contributed by atoms with E-state index in [0.717, 1.165) is 52.9 Å². The Labute approximate surface area is 265 Å². The highest BCUT2D eigenvalue weighted by Crippen LogP contribution is 2.20. The monoisotopic (exact) mass is 607 g/mol. The number of nitrogens with one attached hydrogen (secondary N) is 6. The van der Waals surface area contributed by atoms with Gasteiger partial charge in [-0.05, 0) is 80.6 Å². The van der Waals surface area contributed by atoms with Crippen molar-refractivity contribution < 1.29 is 9.53 Å². The van der Waals surface area contributed by atoms with Crippen molar-refractivity contribution in [3.05, 3.63) is 102 Å². The van der Waals surface area contributed by atoms with E-state index >= 15 is 0 Å². The van der Waals surface area contributed by atoms with Gasteiger partial charge in [-0.3, -0.25) is 15.6 Å². The zero-order valence-corrected chi connectivity index (χ0v) is 26.5. The summed E-state index contributed by atoms with van der Waals surface area (Å²) in [5.74, 6) is 1.22. The van der Waals surface area contributed by atoms with Crippen LogP contribution in [-0.4, -0.2) is 58.7 Å². The summed E-state index contributed by atoms with van der Waals surface area (Å²) >= 11 is 0. The molecule has 1 atom stereocenters. The molecule has 1 saturated heterocycles. The van der Waals surface area contributed by atoms with Crippen LogP contribution < -0.4 is 15.4 Å². The van der Waals surface area contributed by atoms with E-state index in [4.69, 9.17) is 15.6 Å². The second-order valence-electron chi connectivity index (χ2n) is 11.1. The van der Waals surface area contributed by atoms with E-state index in [0.29, 0.717) is 25.2 Å². The maximum atomic E-state index is 12.4. The van der Waals surface area contributed by atoms with Crippen LogP contribution in [0.3, 0.4) is 0 Å². The lowest BCUT2D eigenvalue weighted by Crippen LogP contribution is -2.46. The van der Waals surface area contributed by atoms with Crippen molar-refractivity contribution in [1.29, 1.82) is 10.8 Å². The summed E-state index contributed by atoms with van der Waals surface area (Å²) < 4.78 is 5.24. The zero-order chi connectivity index (χ0) is 32.2. The number of amides is 1. The number of rotatable bonds is 11. The Bertz CT molecular complexity index is 1620. The van der Waals surface area contributed by atoms with Gasteiger partial charge in [0.15, 0.2) is 0 Å². The predicted octanol–water partition coefficient (Wildman–Crippen LogP) is 6.43. The van der Waals surface area contributed by atoms with Gasteiger partial charge in [0.05, 0.1) is 26.2 Å². The summed E-state index contributed by atoms with van der Waals surface area (Å²) in [5.41, 5.74) is 6.79. The van der Waals surface area contributed by atoms with Crippen LogP contribution in [0.2, 0.25) is 0 Å². The number of H-pyrrole nitrogens is 2. The molecular weight excluding hydrogens is 562 g/mol. The van der Waals surface area contributed by atoms with Crippen molar-refractivity contribution >= 4 is 40.6 Å². The fourth-order valence-electron chi connectivity index (χ4n) is 5.40. The average Bonchev–Trinajstić information content (AvgIpc) is 3.83. The lowest BCUT2D eigenvalue weighted by atomic mass is 10.1.